The van der Waals surface area contributed by atoms with Crippen LogP contribution in [0.4, 0.5) is 0 Å². The summed E-state index contributed by atoms with van der Waals surface area (Å²) in [5.74, 6) is 0.0703. The zero-order valence-electron chi connectivity index (χ0n) is 18.2. The first-order valence-electron chi connectivity index (χ1n) is 10.3. The molecule has 31 heavy (non-hydrogen) atoms. The summed E-state index contributed by atoms with van der Waals surface area (Å²) in [5.41, 5.74) is 3.29. The van der Waals surface area contributed by atoms with Crippen LogP contribution in [0.3, 0.4) is 0 Å². The number of esters is 1. The van der Waals surface area contributed by atoms with Gasteiger partial charge in [0.2, 0.25) is 12.3 Å². The molecule has 0 aliphatic rings. The average Bonchev–Trinajstić information content (AvgIpc) is 3.31. The van der Waals surface area contributed by atoms with E-state index in [-0.39, 0.29) is 24.5 Å². The maximum Gasteiger partial charge on any atom is 0.338 e. The summed E-state index contributed by atoms with van der Waals surface area (Å²) in [6.07, 6.45) is 1.24. The van der Waals surface area contributed by atoms with Gasteiger partial charge in [-0.2, -0.15) is 0 Å². The number of hydrogen-bond acceptors (Lipinski definition) is 6. The van der Waals surface area contributed by atoms with Crippen LogP contribution in [0.25, 0.3) is 11.5 Å². The number of amides is 1. The smallest absolute Gasteiger partial charge is 0.338 e. The van der Waals surface area contributed by atoms with Crippen molar-refractivity contribution in [2.24, 2.45) is 5.92 Å². The molecule has 1 amide bonds. The second kappa shape index (κ2) is 10.0. The van der Waals surface area contributed by atoms with E-state index in [1.54, 1.807) is 24.3 Å². The number of rotatable bonds is 8. The molecule has 162 valence electrons. The van der Waals surface area contributed by atoms with Gasteiger partial charge < -0.3 is 14.5 Å². The first kappa shape index (κ1) is 22.2. The second-order valence-electron chi connectivity index (χ2n) is 8.01. The quantitative estimate of drug-likeness (QED) is 0.537. The molecule has 1 atom stereocenters. The number of carbonyl (C=O) groups excluding carboxylic acids is 2. The number of hydrogen-bond donors (Lipinski definition) is 1. The number of aromatic nitrogens is 2. The van der Waals surface area contributed by atoms with Crippen molar-refractivity contribution >= 4 is 11.9 Å². The topological polar surface area (TPSA) is 94.3 Å². The standard InChI is InChI=1S/C24H27N3O4/c1-15(2)17-5-7-18(8-6-17)22(16(3)4)26-21(28)13-30-24(29)20-11-9-19(10-12-20)23-27-25-14-31-23/h5-12,14-16,22H,13H2,1-4H3,(H,26,28)/t22-/m1/s1. The second-order valence-corrected chi connectivity index (χ2v) is 8.01. The van der Waals surface area contributed by atoms with E-state index >= 15 is 0 Å². The Hall–Kier alpha value is -3.48. The highest BCUT2D eigenvalue weighted by Crippen LogP contribution is 2.24. The van der Waals surface area contributed by atoms with Crippen LogP contribution in [-0.4, -0.2) is 28.7 Å². The summed E-state index contributed by atoms with van der Waals surface area (Å²) in [5, 5.41) is 10.4. The summed E-state index contributed by atoms with van der Waals surface area (Å²) in [4.78, 5) is 24.7. The van der Waals surface area contributed by atoms with Crippen LogP contribution in [0, 0.1) is 5.92 Å². The third-order valence-electron chi connectivity index (χ3n) is 5.01. The molecule has 0 saturated carbocycles. The fraction of sp³-hybridized carbons (Fsp3) is 0.333. The van der Waals surface area contributed by atoms with E-state index in [9.17, 15) is 9.59 Å². The van der Waals surface area contributed by atoms with E-state index < -0.39 is 5.97 Å². The van der Waals surface area contributed by atoms with Crippen molar-refractivity contribution in [2.75, 3.05) is 6.61 Å². The van der Waals surface area contributed by atoms with Crippen molar-refractivity contribution in [3.8, 4) is 11.5 Å². The highest BCUT2D eigenvalue weighted by atomic mass is 16.5. The van der Waals surface area contributed by atoms with Crippen LogP contribution in [0.1, 0.15) is 61.1 Å². The molecule has 0 aliphatic heterocycles. The lowest BCUT2D eigenvalue weighted by atomic mass is 9.93. The Bertz CT molecular complexity index is 994. The van der Waals surface area contributed by atoms with Crippen molar-refractivity contribution in [2.45, 2.75) is 39.7 Å². The van der Waals surface area contributed by atoms with Gasteiger partial charge in [-0.3, -0.25) is 4.79 Å². The van der Waals surface area contributed by atoms with Crippen molar-refractivity contribution < 1.29 is 18.7 Å². The van der Waals surface area contributed by atoms with Crippen LogP contribution in [0.15, 0.2) is 59.3 Å². The molecule has 0 spiro atoms. The Labute approximate surface area is 181 Å². The molecule has 0 aliphatic carbocycles. The number of carbonyl (C=O) groups is 2. The molecule has 0 unspecified atom stereocenters. The van der Waals surface area contributed by atoms with E-state index in [0.717, 1.165) is 5.56 Å². The van der Waals surface area contributed by atoms with Gasteiger partial charge >= 0.3 is 5.97 Å². The van der Waals surface area contributed by atoms with E-state index in [0.29, 0.717) is 22.9 Å². The van der Waals surface area contributed by atoms with Crippen molar-refractivity contribution in [1.82, 2.24) is 15.5 Å². The van der Waals surface area contributed by atoms with Gasteiger partial charge in [0, 0.05) is 5.56 Å². The third-order valence-corrected chi connectivity index (χ3v) is 5.01. The highest BCUT2D eigenvalue weighted by Gasteiger charge is 2.20. The molecule has 7 heteroatoms. The SMILES string of the molecule is CC(C)c1ccc([C@H](NC(=O)COC(=O)c2ccc(-c3nnco3)cc2)C(C)C)cc1. The van der Waals surface area contributed by atoms with Crippen LogP contribution >= 0.6 is 0 Å². The molecule has 0 radical (unpaired) electrons. The summed E-state index contributed by atoms with van der Waals surface area (Å²) in [7, 11) is 0. The number of nitrogens with zero attached hydrogens (tertiary/aromatic N) is 2. The minimum absolute atomic E-state index is 0.166. The maximum atomic E-state index is 12.4. The van der Waals surface area contributed by atoms with Gasteiger partial charge in [0.15, 0.2) is 6.61 Å². The predicted octanol–water partition coefficient (Wildman–Crippen LogP) is 4.53. The molecule has 1 aromatic heterocycles. The van der Waals surface area contributed by atoms with E-state index in [1.165, 1.54) is 12.0 Å². The lowest BCUT2D eigenvalue weighted by Gasteiger charge is -2.23. The Balaban J connectivity index is 1.56. The molecule has 0 saturated heterocycles. The van der Waals surface area contributed by atoms with E-state index in [1.807, 2.05) is 26.0 Å². The molecule has 7 nitrogen and oxygen atoms in total. The average molecular weight is 421 g/mol. The van der Waals surface area contributed by atoms with Crippen LogP contribution in [0.2, 0.25) is 0 Å². The van der Waals surface area contributed by atoms with Crippen molar-refractivity contribution in [3.05, 3.63) is 71.6 Å². The van der Waals surface area contributed by atoms with Gasteiger partial charge in [0.05, 0.1) is 11.6 Å². The lowest BCUT2D eigenvalue weighted by molar-refractivity contribution is -0.125. The molecule has 3 rings (SSSR count). The molecule has 3 aromatic rings. The van der Waals surface area contributed by atoms with E-state index in [4.69, 9.17) is 9.15 Å². The summed E-state index contributed by atoms with van der Waals surface area (Å²) in [6, 6.07) is 14.6. The number of nitrogens with one attached hydrogen (secondary N) is 1. The molecule has 0 bridgehead atoms. The van der Waals surface area contributed by atoms with Gasteiger partial charge in [0.25, 0.3) is 5.91 Å². The van der Waals surface area contributed by atoms with Gasteiger partial charge in [-0.25, -0.2) is 4.79 Å². The Morgan fingerprint density at radius 3 is 2.16 bits per heavy atom. The van der Waals surface area contributed by atoms with Gasteiger partial charge in [-0.1, -0.05) is 52.0 Å². The molecule has 1 heterocycles. The molecular weight excluding hydrogens is 394 g/mol. The first-order chi connectivity index (χ1) is 14.8. The number of ether oxygens (including phenoxy) is 1. The Morgan fingerprint density at radius 2 is 1.61 bits per heavy atom. The zero-order chi connectivity index (χ0) is 22.4. The highest BCUT2D eigenvalue weighted by molar-refractivity contribution is 5.91. The molecular formula is C24H27N3O4. The van der Waals surface area contributed by atoms with E-state index in [2.05, 4.69) is 41.5 Å². The van der Waals surface area contributed by atoms with Crippen LogP contribution < -0.4 is 5.32 Å². The minimum atomic E-state index is -0.574. The monoisotopic (exact) mass is 421 g/mol. The molecule has 2 aromatic carbocycles. The van der Waals surface area contributed by atoms with Crippen molar-refractivity contribution in [3.63, 3.8) is 0 Å². The lowest BCUT2D eigenvalue weighted by Crippen LogP contribution is -2.35. The Kier molecular flexibility index (Phi) is 7.18. The minimum Gasteiger partial charge on any atom is -0.452 e. The fourth-order valence-electron chi connectivity index (χ4n) is 3.20. The van der Waals surface area contributed by atoms with Crippen LogP contribution in [0.5, 0.6) is 0 Å². The summed E-state index contributed by atoms with van der Waals surface area (Å²) in [6.45, 7) is 8.02. The largest absolute Gasteiger partial charge is 0.452 e. The van der Waals surface area contributed by atoms with Gasteiger partial charge in [-0.15, -0.1) is 10.2 Å². The Morgan fingerprint density at radius 1 is 0.968 bits per heavy atom. The maximum absolute atomic E-state index is 12.4. The summed E-state index contributed by atoms with van der Waals surface area (Å²) < 4.78 is 10.3. The third kappa shape index (κ3) is 5.78. The van der Waals surface area contributed by atoms with Gasteiger partial charge in [-0.05, 0) is 47.2 Å². The number of benzene rings is 2. The van der Waals surface area contributed by atoms with Crippen LogP contribution in [-0.2, 0) is 9.53 Å². The normalized spacial score (nSPS) is 12.1. The zero-order valence-corrected chi connectivity index (χ0v) is 18.2. The molecule has 0 fully saturated rings. The van der Waals surface area contributed by atoms with Gasteiger partial charge in [0.1, 0.15) is 0 Å². The first-order valence-corrected chi connectivity index (χ1v) is 10.3. The summed E-state index contributed by atoms with van der Waals surface area (Å²) >= 11 is 0. The predicted molar refractivity (Wildman–Crippen MR) is 116 cm³/mol. The fourth-order valence-corrected chi connectivity index (χ4v) is 3.20. The molecule has 1 N–H and O–H groups in total. The van der Waals surface area contributed by atoms with Crippen molar-refractivity contribution in [1.29, 1.82) is 0 Å².